The van der Waals surface area contributed by atoms with E-state index in [1.165, 1.54) is 0 Å². The van der Waals surface area contributed by atoms with Crippen LogP contribution in [0, 0.1) is 0 Å². The van der Waals surface area contributed by atoms with Crippen molar-refractivity contribution < 1.29 is 4.79 Å². The normalized spacial score (nSPS) is 10.3. The number of aromatic nitrogens is 1. The van der Waals surface area contributed by atoms with Crippen LogP contribution in [0.2, 0.25) is 5.02 Å². The summed E-state index contributed by atoms with van der Waals surface area (Å²) in [6.07, 6.45) is 2.65. The molecule has 0 atom stereocenters. The summed E-state index contributed by atoms with van der Waals surface area (Å²) in [6.45, 7) is 0. The van der Waals surface area contributed by atoms with Crippen LogP contribution in [0.3, 0.4) is 0 Å². The molecule has 0 saturated heterocycles. The van der Waals surface area contributed by atoms with Gasteiger partial charge in [0.2, 0.25) is 0 Å². The number of rotatable bonds is 2. The second-order valence-electron chi connectivity index (χ2n) is 3.02. The summed E-state index contributed by atoms with van der Waals surface area (Å²) in [6, 6.07) is 9.10. The number of halogens is 2. The molecule has 0 saturated carbocycles. The van der Waals surface area contributed by atoms with Crippen molar-refractivity contribution in [3.63, 3.8) is 0 Å². The zero-order valence-electron chi connectivity index (χ0n) is 7.65. The Morgan fingerprint density at radius 2 is 2.13 bits per heavy atom. The van der Waals surface area contributed by atoms with Crippen LogP contribution in [-0.2, 0) is 0 Å². The Balaban J connectivity index is 2.54. The third-order valence-electron chi connectivity index (χ3n) is 2.08. The molecule has 4 heteroatoms. The van der Waals surface area contributed by atoms with E-state index < -0.39 is 0 Å². The lowest BCUT2D eigenvalue weighted by Crippen LogP contribution is -1.97. The minimum absolute atomic E-state index is 0.615. The number of aldehydes is 1. The van der Waals surface area contributed by atoms with E-state index >= 15 is 0 Å². The molecule has 2 nitrogen and oxygen atoms in total. The zero-order valence-corrected chi connectivity index (χ0v) is 9.99. The first-order valence-corrected chi connectivity index (χ1v) is 5.47. The second kappa shape index (κ2) is 4.21. The van der Waals surface area contributed by atoms with Crippen LogP contribution in [-0.4, -0.2) is 10.9 Å². The maximum Gasteiger partial charge on any atom is 0.166 e. The predicted molar refractivity (Wildman–Crippen MR) is 63.9 cm³/mol. The SMILES string of the molecule is O=Cc1cccn1-c1ccc(Cl)c(Br)c1. The van der Waals surface area contributed by atoms with Gasteiger partial charge < -0.3 is 4.57 Å². The summed E-state index contributed by atoms with van der Waals surface area (Å²) < 4.78 is 2.61. The highest BCUT2D eigenvalue weighted by molar-refractivity contribution is 9.10. The van der Waals surface area contributed by atoms with E-state index in [9.17, 15) is 4.79 Å². The molecule has 2 rings (SSSR count). The van der Waals surface area contributed by atoms with Gasteiger partial charge in [0.25, 0.3) is 0 Å². The number of nitrogens with zero attached hydrogens (tertiary/aromatic N) is 1. The molecular weight excluding hydrogens is 277 g/mol. The molecule has 0 bridgehead atoms. The molecule has 76 valence electrons. The maximum atomic E-state index is 10.8. The van der Waals surface area contributed by atoms with Gasteiger partial charge in [0, 0.05) is 16.4 Å². The molecule has 0 radical (unpaired) electrons. The summed E-state index contributed by atoms with van der Waals surface area (Å²) >= 11 is 9.23. The van der Waals surface area contributed by atoms with Crippen molar-refractivity contribution in [2.45, 2.75) is 0 Å². The molecule has 1 aromatic carbocycles. The first-order valence-electron chi connectivity index (χ1n) is 4.30. The molecule has 1 heterocycles. The third-order valence-corrected chi connectivity index (χ3v) is 3.30. The van der Waals surface area contributed by atoms with E-state index in [4.69, 9.17) is 11.6 Å². The smallest absolute Gasteiger partial charge is 0.166 e. The van der Waals surface area contributed by atoms with Crippen molar-refractivity contribution >= 4 is 33.8 Å². The van der Waals surface area contributed by atoms with E-state index in [2.05, 4.69) is 15.9 Å². The monoisotopic (exact) mass is 283 g/mol. The van der Waals surface area contributed by atoms with Crippen molar-refractivity contribution in [3.05, 3.63) is 51.7 Å². The molecule has 0 aliphatic carbocycles. The maximum absolute atomic E-state index is 10.8. The lowest BCUT2D eigenvalue weighted by atomic mass is 10.3. The highest BCUT2D eigenvalue weighted by atomic mass is 79.9. The summed E-state index contributed by atoms with van der Waals surface area (Å²) in [5.74, 6) is 0. The van der Waals surface area contributed by atoms with E-state index in [0.717, 1.165) is 16.4 Å². The Morgan fingerprint density at radius 1 is 1.33 bits per heavy atom. The van der Waals surface area contributed by atoms with Crippen LogP contribution in [0.1, 0.15) is 10.5 Å². The Hall–Kier alpha value is -1.06. The summed E-state index contributed by atoms with van der Waals surface area (Å²) in [4.78, 5) is 10.8. The molecule has 2 aromatic rings. The summed E-state index contributed by atoms with van der Waals surface area (Å²) in [7, 11) is 0. The summed E-state index contributed by atoms with van der Waals surface area (Å²) in [5.41, 5.74) is 1.52. The van der Waals surface area contributed by atoms with Gasteiger partial charge in [-0.3, -0.25) is 4.79 Å². The van der Waals surface area contributed by atoms with Crippen LogP contribution in [0.25, 0.3) is 5.69 Å². The first-order chi connectivity index (χ1) is 7.22. The van der Waals surface area contributed by atoms with Crippen LogP contribution in [0.5, 0.6) is 0 Å². The number of carbonyl (C=O) groups is 1. The molecule has 0 spiro atoms. The standard InChI is InChI=1S/C11H7BrClNO/c12-10-6-8(3-4-11(10)13)14-5-1-2-9(14)7-15/h1-7H. The van der Waals surface area contributed by atoms with Gasteiger partial charge in [-0.2, -0.15) is 0 Å². The van der Waals surface area contributed by atoms with Crippen molar-refractivity contribution in [2.24, 2.45) is 0 Å². The van der Waals surface area contributed by atoms with Crippen LogP contribution < -0.4 is 0 Å². The quantitative estimate of drug-likeness (QED) is 0.771. The molecule has 1 aromatic heterocycles. The number of benzene rings is 1. The molecule has 0 unspecified atom stereocenters. The lowest BCUT2D eigenvalue weighted by molar-refractivity contribution is 0.111. The average Bonchev–Trinajstić information content (AvgIpc) is 2.70. The number of carbonyl (C=O) groups excluding carboxylic acids is 1. The fraction of sp³-hybridized carbons (Fsp3) is 0. The predicted octanol–water partition coefficient (Wildman–Crippen LogP) is 3.71. The lowest BCUT2D eigenvalue weighted by Gasteiger charge is -2.06. The topological polar surface area (TPSA) is 22.0 Å². The van der Waals surface area contributed by atoms with Gasteiger partial charge in [-0.25, -0.2) is 0 Å². The fourth-order valence-corrected chi connectivity index (χ4v) is 1.84. The third kappa shape index (κ3) is 1.98. The molecule has 0 aliphatic rings. The van der Waals surface area contributed by atoms with E-state index in [1.807, 2.05) is 24.4 Å². The van der Waals surface area contributed by atoms with Crippen molar-refractivity contribution in [1.29, 1.82) is 0 Å². The molecule has 0 amide bonds. The Bertz CT molecular complexity index is 507. The molecule has 15 heavy (non-hydrogen) atoms. The first kappa shape index (κ1) is 10.5. The minimum Gasteiger partial charge on any atom is -0.314 e. The van der Waals surface area contributed by atoms with Gasteiger partial charge in [-0.15, -0.1) is 0 Å². The van der Waals surface area contributed by atoms with Gasteiger partial charge in [-0.1, -0.05) is 11.6 Å². The molecule has 0 aliphatic heterocycles. The number of hydrogen-bond donors (Lipinski definition) is 0. The van der Waals surface area contributed by atoms with Crippen molar-refractivity contribution in [2.75, 3.05) is 0 Å². The minimum atomic E-state index is 0.615. The van der Waals surface area contributed by atoms with Gasteiger partial charge in [0.1, 0.15) is 0 Å². The van der Waals surface area contributed by atoms with E-state index in [0.29, 0.717) is 10.7 Å². The average molecular weight is 285 g/mol. The van der Waals surface area contributed by atoms with Gasteiger partial charge in [0.15, 0.2) is 6.29 Å². The van der Waals surface area contributed by atoms with Crippen molar-refractivity contribution in [3.8, 4) is 5.69 Å². The van der Waals surface area contributed by atoms with Gasteiger partial charge >= 0.3 is 0 Å². The largest absolute Gasteiger partial charge is 0.314 e. The Kier molecular flexibility index (Phi) is 2.93. The van der Waals surface area contributed by atoms with Crippen molar-refractivity contribution in [1.82, 2.24) is 4.57 Å². The van der Waals surface area contributed by atoms with Gasteiger partial charge in [0.05, 0.1) is 10.7 Å². The molecule has 0 N–H and O–H groups in total. The molecule has 0 fully saturated rings. The van der Waals surface area contributed by atoms with Crippen LogP contribution >= 0.6 is 27.5 Å². The highest BCUT2D eigenvalue weighted by Crippen LogP contribution is 2.25. The fourth-order valence-electron chi connectivity index (χ4n) is 1.36. The number of hydrogen-bond acceptors (Lipinski definition) is 1. The summed E-state index contributed by atoms with van der Waals surface area (Å²) in [5, 5.41) is 0.651. The van der Waals surface area contributed by atoms with E-state index in [-0.39, 0.29) is 0 Å². The van der Waals surface area contributed by atoms with E-state index in [1.54, 1.807) is 16.7 Å². The van der Waals surface area contributed by atoms with Crippen LogP contribution in [0.4, 0.5) is 0 Å². The highest BCUT2D eigenvalue weighted by Gasteiger charge is 2.04. The second-order valence-corrected chi connectivity index (χ2v) is 4.28. The van der Waals surface area contributed by atoms with Crippen LogP contribution in [0.15, 0.2) is 41.0 Å². The Morgan fingerprint density at radius 3 is 2.80 bits per heavy atom. The zero-order chi connectivity index (χ0) is 10.8. The Labute approximate surface area is 101 Å². The van der Waals surface area contributed by atoms with Gasteiger partial charge in [-0.05, 0) is 46.3 Å². The molecular formula is C11H7BrClNO.